The highest BCUT2D eigenvalue weighted by Gasteiger charge is 2.15. The Kier molecular flexibility index (Phi) is 5.37. The van der Waals surface area contributed by atoms with Crippen LogP contribution >= 0.6 is 0 Å². The van der Waals surface area contributed by atoms with E-state index in [1.165, 1.54) is 18.3 Å². The number of likely N-dealkylation sites (tertiary alicyclic amines) is 1. The maximum Gasteiger partial charge on any atom is 0.387 e. The summed E-state index contributed by atoms with van der Waals surface area (Å²) in [6.45, 7) is 0.362. The van der Waals surface area contributed by atoms with Crippen molar-refractivity contribution < 1.29 is 18.3 Å². The summed E-state index contributed by atoms with van der Waals surface area (Å²) in [6, 6.07) is 4.75. The molecule has 1 aromatic carbocycles. The zero-order valence-electron chi connectivity index (χ0n) is 13.2. The number of ether oxygens (including phenoxy) is 2. The van der Waals surface area contributed by atoms with Gasteiger partial charge in [-0.1, -0.05) is 0 Å². The summed E-state index contributed by atoms with van der Waals surface area (Å²) in [6.07, 6.45) is 3.54. The lowest BCUT2D eigenvalue weighted by Crippen LogP contribution is -2.41. The third-order valence-electron chi connectivity index (χ3n) is 4.01. The maximum absolute atomic E-state index is 12.3. The van der Waals surface area contributed by atoms with Gasteiger partial charge in [-0.05, 0) is 38.1 Å². The van der Waals surface area contributed by atoms with Crippen LogP contribution in [0.1, 0.15) is 12.8 Å². The number of piperidine rings is 1. The van der Waals surface area contributed by atoms with E-state index in [9.17, 15) is 8.78 Å². The lowest BCUT2D eigenvalue weighted by Gasteiger charge is -2.29. The van der Waals surface area contributed by atoms with Gasteiger partial charge in [0.05, 0.1) is 17.2 Å². The van der Waals surface area contributed by atoms with Crippen LogP contribution < -0.4 is 15.2 Å². The van der Waals surface area contributed by atoms with Gasteiger partial charge < -0.3 is 15.2 Å². The SMILES string of the molecule is NC1CCN(CCOc2cnc3ccc(OC(F)F)cc3n2)CC1. The van der Waals surface area contributed by atoms with Gasteiger partial charge in [0.15, 0.2) is 0 Å². The van der Waals surface area contributed by atoms with Gasteiger partial charge in [0.2, 0.25) is 5.88 Å². The number of halogens is 2. The van der Waals surface area contributed by atoms with Gasteiger partial charge in [-0.25, -0.2) is 9.97 Å². The quantitative estimate of drug-likeness (QED) is 0.869. The van der Waals surface area contributed by atoms with Gasteiger partial charge in [0, 0.05) is 18.7 Å². The number of aromatic nitrogens is 2. The monoisotopic (exact) mass is 338 g/mol. The smallest absolute Gasteiger partial charge is 0.387 e. The van der Waals surface area contributed by atoms with Gasteiger partial charge >= 0.3 is 6.61 Å². The molecule has 6 nitrogen and oxygen atoms in total. The molecule has 24 heavy (non-hydrogen) atoms. The fourth-order valence-corrected chi connectivity index (χ4v) is 2.68. The Hall–Kier alpha value is -2.06. The highest BCUT2D eigenvalue weighted by atomic mass is 19.3. The lowest BCUT2D eigenvalue weighted by molar-refractivity contribution is -0.0497. The molecule has 0 spiro atoms. The Labute approximate surface area is 138 Å². The fraction of sp³-hybridized carbons (Fsp3) is 0.500. The van der Waals surface area contributed by atoms with E-state index >= 15 is 0 Å². The first-order valence-electron chi connectivity index (χ1n) is 7.92. The molecule has 1 aliphatic heterocycles. The van der Waals surface area contributed by atoms with Gasteiger partial charge in [0.1, 0.15) is 12.4 Å². The molecule has 1 saturated heterocycles. The third-order valence-corrected chi connectivity index (χ3v) is 4.01. The number of rotatable bonds is 6. The van der Waals surface area contributed by atoms with Crippen molar-refractivity contribution in [2.45, 2.75) is 25.5 Å². The van der Waals surface area contributed by atoms with Crippen molar-refractivity contribution in [1.82, 2.24) is 14.9 Å². The summed E-state index contributed by atoms with van der Waals surface area (Å²) >= 11 is 0. The topological polar surface area (TPSA) is 73.5 Å². The van der Waals surface area contributed by atoms with E-state index in [2.05, 4.69) is 19.6 Å². The van der Waals surface area contributed by atoms with Crippen LogP contribution in [0, 0.1) is 0 Å². The van der Waals surface area contributed by atoms with Crippen LogP contribution in [-0.2, 0) is 0 Å². The summed E-state index contributed by atoms with van der Waals surface area (Å²) in [5.41, 5.74) is 6.92. The molecule has 1 fully saturated rings. The number of hydrogen-bond donors (Lipinski definition) is 1. The summed E-state index contributed by atoms with van der Waals surface area (Å²) in [4.78, 5) is 10.8. The van der Waals surface area contributed by atoms with Crippen LogP contribution in [0.4, 0.5) is 8.78 Å². The summed E-state index contributed by atoms with van der Waals surface area (Å²) in [5, 5.41) is 0. The zero-order valence-corrected chi connectivity index (χ0v) is 13.2. The van der Waals surface area contributed by atoms with Crippen LogP contribution in [0.3, 0.4) is 0 Å². The van der Waals surface area contributed by atoms with E-state index in [0.717, 1.165) is 32.5 Å². The van der Waals surface area contributed by atoms with Crippen molar-refractivity contribution >= 4 is 11.0 Å². The van der Waals surface area contributed by atoms with Crippen molar-refractivity contribution in [2.75, 3.05) is 26.2 Å². The number of benzene rings is 1. The number of nitrogens with two attached hydrogens (primary N) is 1. The Morgan fingerprint density at radius 3 is 2.79 bits per heavy atom. The average Bonchev–Trinajstić information content (AvgIpc) is 2.56. The van der Waals surface area contributed by atoms with E-state index in [1.54, 1.807) is 6.07 Å². The Balaban J connectivity index is 1.58. The zero-order chi connectivity index (χ0) is 16.9. The molecular formula is C16H20F2N4O2. The highest BCUT2D eigenvalue weighted by molar-refractivity contribution is 5.76. The molecule has 8 heteroatoms. The molecule has 0 unspecified atom stereocenters. The number of alkyl halides is 2. The van der Waals surface area contributed by atoms with E-state index < -0.39 is 6.61 Å². The Bertz CT molecular complexity index is 678. The number of fused-ring (bicyclic) bond motifs is 1. The van der Waals surface area contributed by atoms with E-state index in [4.69, 9.17) is 10.5 Å². The van der Waals surface area contributed by atoms with Gasteiger partial charge in [0.25, 0.3) is 0 Å². The van der Waals surface area contributed by atoms with Crippen LogP contribution in [0.15, 0.2) is 24.4 Å². The fourth-order valence-electron chi connectivity index (χ4n) is 2.68. The first-order valence-corrected chi connectivity index (χ1v) is 7.92. The van der Waals surface area contributed by atoms with E-state index in [0.29, 0.717) is 29.6 Å². The van der Waals surface area contributed by atoms with Crippen molar-refractivity contribution in [3.05, 3.63) is 24.4 Å². The normalized spacial score (nSPS) is 16.7. The summed E-state index contributed by atoms with van der Waals surface area (Å²) < 4.78 is 34.5. The van der Waals surface area contributed by atoms with Crippen LogP contribution in [0.2, 0.25) is 0 Å². The second kappa shape index (κ2) is 7.67. The predicted molar refractivity (Wildman–Crippen MR) is 85.3 cm³/mol. The van der Waals surface area contributed by atoms with E-state index in [-0.39, 0.29) is 5.75 Å². The second-order valence-electron chi connectivity index (χ2n) is 5.76. The summed E-state index contributed by atoms with van der Waals surface area (Å²) in [7, 11) is 0. The Morgan fingerprint density at radius 1 is 1.25 bits per heavy atom. The number of hydrogen-bond acceptors (Lipinski definition) is 6. The molecule has 2 heterocycles. The molecule has 130 valence electrons. The van der Waals surface area contributed by atoms with Crippen molar-refractivity contribution in [3.8, 4) is 11.6 Å². The highest BCUT2D eigenvalue weighted by Crippen LogP contribution is 2.21. The molecule has 0 bridgehead atoms. The molecule has 0 saturated carbocycles. The van der Waals surface area contributed by atoms with Crippen molar-refractivity contribution in [3.63, 3.8) is 0 Å². The lowest BCUT2D eigenvalue weighted by atomic mass is 10.1. The van der Waals surface area contributed by atoms with Crippen molar-refractivity contribution in [1.29, 1.82) is 0 Å². The third kappa shape index (κ3) is 4.48. The number of nitrogens with zero attached hydrogens (tertiary/aromatic N) is 3. The molecule has 1 aliphatic rings. The maximum atomic E-state index is 12.3. The van der Waals surface area contributed by atoms with E-state index in [1.807, 2.05) is 0 Å². The first kappa shape index (κ1) is 16.8. The minimum atomic E-state index is -2.87. The van der Waals surface area contributed by atoms with Crippen LogP contribution in [0.25, 0.3) is 11.0 Å². The van der Waals surface area contributed by atoms with Crippen LogP contribution in [0.5, 0.6) is 11.6 Å². The van der Waals surface area contributed by atoms with Gasteiger partial charge in [-0.3, -0.25) is 4.90 Å². The molecule has 0 amide bonds. The molecule has 0 radical (unpaired) electrons. The first-order chi connectivity index (χ1) is 11.6. The van der Waals surface area contributed by atoms with Gasteiger partial charge in [-0.2, -0.15) is 8.78 Å². The second-order valence-corrected chi connectivity index (χ2v) is 5.76. The average molecular weight is 338 g/mol. The molecule has 0 aliphatic carbocycles. The molecule has 0 atom stereocenters. The largest absolute Gasteiger partial charge is 0.475 e. The Morgan fingerprint density at radius 2 is 2.04 bits per heavy atom. The molecule has 3 rings (SSSR count). The predicted octanol–water partition coefficient (Wildman–Crippen LogP) is 2.03. The van der Waals surface area contributed by atoms with Crippen LogP contribution in [-0.4, -0.2) is 53.8 Å². The molecule has 2 N–H and O–H groups in total. The van der Waals surface area contributed by atoms with Gasteiger partial charge in [-0.15, -0.1) is 0 Å². The molecular weight excluding hydrogens is 318 g/mol. The van der Waals surface area contributed by atoms with Crippen molar-refractivity contribution in [2.24, 2.45) is 5.73 Å². The minimum absolute atomic E-state index is 0.0496. The molecule has 1 aromatic heterocycles. The molecule has 2 aromatic rings. The summed E-state index contributed by atoms with van der Waals surface area (Å²) in [5.74, 6) is 0.416. The standard InChI is InChI=1S/C16H20F2N4O2/c17-16(18)24-12-1-2-13-14(9-12)21-15(10-20-13)23-8-7-22-5-3-11(19)4-6-22/h1-2,9-11,16H,3-8,19H2. The minimum Gasteiger partial charge on any atom is -0.475 e.